The number of nitrogens with one attached hydrogen (secondary N) is 3. The SMILES string of the molecule is CCNC(=NCCS(=O)(=O)NCc1ccccc1)NCCc1ccccc1. The largest absolute Gasteiger partial charge is 0.357 e. The first-order chi connectivity index (χ1) is 13.1. The zero-order chi connectivity index (χ0) is 19.4. The quantitative estimate of drug-likeness (QED) is 0.429. The van der Waals surface area contributed by atoms with Crippen molar-refractivity contribution in [3.05, 3.63) is 71.8 Å². The number of benzene rings is 2. The molecule has 0 saturated heterocycles. The van der Waals surface area contributed by atoms with Crippen LogP contribution in [0.5, 0.6) is 0 Å². The molecule has 0 spiro atoms. The second-order valence-corrected chi connectivity index (χ2v) is 7.98. The molecule has 0 amide bonds. The van der Waals surface area contributed by atoms with Crippen LogP contribution in [0.4, 0.5) is 0 Å². The van der Waals surface area contributed by atoms with Crippen molar-refractivity contribution >= 4 is 16.0 Å². The Morgan fingerprint density at radius 3 is 2.19 bits per heavy atom. The van der Waals surface area contributed by atoms with Crippen LogP contribution >= 0.6 is 0 Å². The van der Waals surface area contributed by atoms with E-state index in [2.05, 4.69) is 32.5 Å². The van der Waals surface area contributed by atoms with Crippen molar-refractivity contribution in [1.82, 2.24) is 15.4 Å². The van der Waals surface area contributed by atoms with Crippen LogP contribution in [0.2, 0.25) is 0 Å². The van der Waals surface area contributed by atoms with Crippen LogP contribution < -0.4 is 15.4 Å². The van der Waals surface area contributed by atoms with Crippen LogP contribution in [0.1, 0.15) is 18.1 Å². The van der Waals surface area contributed by atoms with E-state index in [-0.39, 0.29) is 12.3 Å². The van der Waals surface area contributed by atoms with Gasteiger partial charge in [-0.2, -0.15) is 0 Å². The van der Waals surface area contributed by atoms with Gasteiger partial charge in [0.15, 0.2) is 5.96 Å². The lowest BCUT2D eigenvalue weighted by molar-refractivity contribution is 0.581. The molecule has 3 N–H and O–H groups in total. The van der Waals surface area contributed by atoms with Crippen molar-refractivity contribution in [3.63, 3.8) is 0 Å². The number of rotatable bonds is 10. The lowest BCUT2D eigenvalue weighted by Gasteiger charge is -2.11. The molecule has 0 aromatic heterocycles. The molecule has 0 aliphatic rings. The Kier molecular flexibility index (Phi) is 8.80. The van der Waals surface area contributed by atoms with Crippen LogP contribution in [0.25, 0.3) is 0 Å². The zero-order valence-electron chi connectivity index (χ0n) is 15.7. The third kappa shape index (κ3) is 8.70. The molecule has 0 aliphatic heterocycles. The molecule has 0 fully saturated rings. The van der Waals surface area contributed by atoms with Gasteiger partial charge in [0.1, 0.15) is 0 Å². The van der Waals surface area contributed by atoms with E-state index < -0.39 is 10.0 Å². The molecule has 0 bridgehead atoms. The van der Waals surface area contributed by atoms with Gasteiger partial charge in [-0.3, -0.25) is 4.99 Å². The molecule has 2 rings (SSSR count). The maximum atomic E-state index is 12.1. The summed E-state index contributed by atoms with van der Waals surface area (Å²) < 4.78 is 26.9. The molecule has 2 aromatic carbocycles. The van der Waals surface area contributed by atoms with Crippen molar-refractivity contribution < 1.29 is 8.42 Å². The van der Waals surface area contributed by atoms with Crippen LogP contribution in [0, 0.1) is 0 Å². The van der Waals surface area contributed by atoms with Gasteiger partial charge in [0.2, 0.25) is 10.0 Å². The highest BCUT2D eigenvalue weighted by atomic mass is 32.2. The van der Waals surface area contributed by atoms with Crippen LogP contribution in [0.3, 0.4) is 0 Å². The summed E-state index contributed by atoms with van der Waals surface area (Å²) in [6, 6.07) is 19.6. The maximum absolute atomic E-state index is 12.1. The van der Waals surface area contributed by atoms with Crippen molar-refractivity contribution in [2.75, 3.05) is 25.4 Å². The molecule has 6 nitrogen and oxygen atoms in total. The molecule has 0 unspecified atom stereocenters. The van der Waals surface area contributed by atoms with E-state index in [9.17, 15) is 8.42 Å². The summed E-state index contributed by atoms with van der Waals surface area (Å²) in [6.45, 7) is 3.92. The number of nitrogens with zero attached hydrogens (tertiary/aromatic N) is 1. The van der Waals surface area contributed by atoms with Gasteiger partial charge in [0.05, 0.1) is 12.3 Å². The normalized spacial score (nSPS) is 12.0. The fourth-order valence-corrected chi connectivity index (χ4v) is 3.31. The Labute approximate surface area is 162 Å². The summed E-state index contributed by atoms with van der Waals surface area (Å²) in [4.78, 5) is 4.36. The predicted octanol–water partition coefficient (Wildman–Crippen LogP) is 1.90. The Morgan fingerprint density at radius 2 is 1.56 bits per heavy atom. The van der Waals surface area contributed by atoms with Gasteiger partial charge in [-0.15, -0.1) is 0 Å². The van der Waals surface area contributed by atoms with Crippen LogP contribution in [0.15, 0.2) is 65.7 Å². The number of guanidine groups is 1. The minimum atomic E-state index is -3.37. The number of hydrogen-bond donors (Lipinski definition) is 3. The molecule has 2 aromatic rings. The van der Waals surface area contributed by atoms with E-state index >= 15 is 0 Å². The van der Waals surface area contributed by atoms with E-state index in [4.69, 9.17) is 0 Å². The summed E-state index contributed by atoms with van der Waals surface area (Å²) in [5, 5.41) is 6.37. The van der Waals surface area contributed by atoms with Gasteiger partial charge in [-0.1, -0.05) is 60.7 Å². The minimum absolute atomic E-state index is 0.0465. The highest BCUT2D eigenvalue weighted by molar-refractivity contribution is 7.89. The van der Waals surface area contributed by atoms with Gasteiger partial charge in [0.25, 0.3) is 0 Å². The van der Waals surface area contributed by atoms with E-state index in [1.807, 2.05) is 55.5 Å². The molecule has 146 valence electrons. The number of sulfonamides is 1. The first-order valence-corrected chi connectivity index (χ1v) is 10.8. The third-order valence-electron chi connectivity index (χ3n) is 3.86. The molecule has 0 saturated carbocycles. The molecule has 0 radical (unpaired) electrons. The van der Waals surface area contributed by atoms with E-state index in [1.54, 1.807) is 0 Å². The molecule has 7 heteroatoms. The van der Waals surface area contributed by atoms with Crippen molar-refractivity contribution in [2.24, 2.45) is 4.99 Å². The second-order valence-electron chi connectivity index (χ2n) is 6.05. The fraction of sp³-hybridized carbons (Fsp3) is 0.350. The lowest BCUT2D eigenvalue weighted by Crippen LogP contribution is -2.39. The Morgan fingerprint density at radius 1 is 0.926 bits per heavy atom. The number of hydrogen-bond acceptors (Lipinski definition) is 3. The standard InChI is InChI=1S/C20H28N4O2S/c1-2-21-20(22-14-13-18-9-5-3-6-10-18)23-15-16-27(25,26)24-17-19-11-7-4-8-12-19/h3-12,24H,2,13-17H2,1H3,(H2,21,22,23). The van der Waals surface area contributed by atoms with Gasteiger partial charge in [-0.05, 0) is 24.5 Å². The average molecular weight is 389 g/mol. The predicted molar refractivity (Wildman–Crippen MR) is 111 cm³/mol. The first-order valence-electron chi connectivity index (χ1n) is 9.16. The van der Waals surface area contributed by atoms with Crippen molar-refractivity contribution in [3.8, 4) is 0 Å². The summed E-state index contributed by atoms with van der Waals surface area (Å²) in [7, 11) is -3.37. The average Bonchev–Trinajstić information content (AvgIpc) is 2.68. The van der Waals surface area contributed by atoms with Gasteiger partial charge in [0, 0.05) is 19.6 Å². The lowest BCUT2D eigenvalue weighted by atomic mass is 10.1. The van der Waals surface area contributed by atoms with E-state index in [0.717, 1.165) is 25.1 Å². The van der Waals surface area contributed by atoms with E-state index in [0.29, 0.717) is 12.5 Å². The van der Waals surface area contributed by atoms with Gasteiger partial charge < -0.3 is 10.6 Å². The molecule has 27 heavy (non-hydrogen) atoms. The number of aliphatic imine (C=N–C) groups is 1. The summed E-state index contributed by atoms with van der Waals surface area (Å²) in [6.07, 6.45) is 0.877. The van der Waals surface area contributed by atoms with Crippen LogP contribution in [-0.2, 0) is 23.0 Å². The summed E-state index contributed by atoms with van der Waals surface area (Å²) in [5.74, 6) is 0.585. The van der Waals surface area contributed by atoms with E-state index in [1.165, 1.54) is 5.56 Å². The Bertz CT molecular complexity index is 793. The fourth-order valence-electron chi connectivity index (χ4n) is 2.45. The van der Waals surface area contributed by atoms with Crippen molar-refractivity contribution in [1.29, 1.82) is 0 Å². The van der Waals surface area contributed by atoms with Crippen LogP contribution in [-0.4, -0.2) is 39.8 Å². The Hall–Kier alpha value is -2.38. The summed E-state index contributed by atoms with van der Waals surface area (Å²) in [5.41, 5.74) is 2.18. The topological polar surface area (TPSA) is 82.6 Å². The highest BCUT2D eigenvalue weighted by Crippen LogP contribution is 1.99. The smallest absolute Gasteiger partial charge is 0.213 e. The first kappa shape index (κ1) is 20.9. The highest BCUT2D eigenvalue weighted by Gasteiger charge is 2.09. The monoisotopic (exact) mass is 388 g/mol. The third-order valence-corrected chi connectivity index (χ3v) is 5.17. The van der Waals surface area contributed by atoms with Crippen molar-refractivity contribution in [2.45, 2.75) is 19.9 Å². The second kappa shape index (κ2) is 11.4. The molecule has 0 heterocycles. The van der Waals surface area contributed by atoms with Gasteiger partial charge in [-0.25, -0.2) is 13.1 Å². The molecule has 0 aliphatic carbocycles. The summed E-state index contributed by atoms with van der Waals surface area (Å²) >= 11 is 0. The zero-order valence-corrected chi connectivity index (χ0v) is 16.5. The molecular weight excluding hydrogens is 360 g/mol. The molecule has 0 atom stereocenters. The Balaban J connectivity index is 1.77. The minimum Gasteiger partial charge on any atom is -0.357 e. The molecular formula is C20H28N4O2S. The van der Waals surface area contributed by atoms with Gasteiger partial charge >= 0.3 is 0 Å². The maximum Gasteiger partial charge on any atom is 0.213 e.